The highest BCUT2D eigenvalue weighted by Gasteiger charge is 2.24. The number of aromatic nitrogens is 1. The van der Waals surface area contributed by atoms with E-state index in [0.717, 1.165) is 38.1 Å². The number of aliphatic hydroxyl groups excluding tert-OH is 1. The Morgan fingerprint density at radius 1 is 1.20 bits per heavy atom. The van der Waals surface area contributed by atoms with E-state index in [4.69, 9.17) is 4.74 Å². The van der Waals surface area contributed by atoms with Gasteiger partial charge in [0.15, 0.2) is 0 Å². The zero-order valence-corrected chi connectivity index (χ0v) is 15.0. The number of rotatable bonds is 7. The number of aliphatic hydroxyl groups is 1. The predicted molar refractivity (Wildman–Crippen MR) is 99.7 cm³/mol. The van der Waals surface area contributed by atoms with E-state index >= 15 is 0 Å². The first-order valence-electron chi connectivity index (χ1n) is 9.30. The van der Waals surface area contributed by atoms with Crippen LogP contribution in [0.1, 0.15) is 43.2 Å². The minimum atomic E-state index is -0.426. The van der Waals surface area contributed by atoms with Crippen molar-refractivity contribution in [3.05, 3.63) is 59.9 Å². The van der Waals surface area contributed by atoms with E-state index in [1.54, 1.807) is 0 Å². The van der Waals surface area contributed by atoms with E-state index in [1.165, 1.54) is 11.1 Å². The molecular weight excluding hydrogens is 312 g/mol. The van der Waals surface area contributed by atoms with Gasteiger partial charge in [0, 0.05) is 31.9 Å². The quantitative estimate of drug-likeness (QED) is 0.836. The summed E-state index contributed by atoms with van der Waals surface area (Å²) in [5.41, 5.74) is 2.62. The topological polar surface area (TPSA) is 45.6 Å². The van der Waals surface area contributed by atoms with Gasteiger partial charge in [-0.1, -0.05) is 25.1 Å². The normalized spacial score (nSPS) is 17.4. The van der Waals surface area contributed by atoms with E-state index in [0.29, 0.717) is 18.9 Å². The van der Waals surface area contributed by atoms with Crippen LogP contribution in [-0.2, 0) is 6.42 Å². The maximum atomic E-state index is 10.4. The molecule has 1 aromatic heterocycles. The summed E-state index contributed by atoms with van der Waals surface area (Å²) >= 11 is 0. The first-order valence-corrected chi connectivity index (χ1v) is 9.30. The molecule has 3 rings (SSSR count). The molecule has 1 fully saturated rings. The van der Waals surface area contributed by atoms with Gasteiger partial charge in [0.05, 0.1) is 6.61 Å². The van der Waals surface area contributed by atoms with Crippen LogP contribution in [0.15, 0.2) is 48.8 Å². The highest BCUT2D eigenvalue weighted by Crippen LogP contribution is 2.28. The third-order valence-electron chi connectivity index (χ3n) is 5.08. The van der Waals surface area contributed by atoms with Gasteiger partial charge in [0.2, 0.25) is 0 Å². The molecule has 2 heterocycles. The number of pyridine rings is 1. The summed E-state index contributed by atoms with van der Waals surface area (Å²) in [6, 6.07) is 12.3. The molecule has 0 radical (unpaired) electrons. The second-order valence-electron chi connectivity index (χ2n) is 6.71. The molecule has 1 saturated heterocycles. The van der Waals surface area contributed by atoms with E-state index in [1.807, 2.05) is 30.6 Å². The Morgan fingerprint density at radius 2 is 1.96 bits per heavy atom. The Hall–Kier alpha value is -1.91. The average molecular weight is 340 g/mol. The van der Waals surface area contributed by atoms with Crippen molar-refractivity contribution < 1.29 is 9.84 Å². The predicted octanol–water partition coefficient (Wildman–Crippen LogP) is 3.61. The standard InChI is InChI=1S/C21H28N2O2/c1-2-17-5-7-20(8-6-17)25-15-11-21(24)23-13-9-18(10-14-23)19-4-3-12-22-16-19/h3-8,12,16,18,21,24H,2,9-11,13-15H2,1H3. The highest BCUT2D eigenvalue weighted by atomic mass is 16.5. The second kappa shape index (κ2) is 8.97. The van der Waals surface area contributed by atoms with Gasteiger partial charge >= 0.3 is 0 Å². The SMILES string of the molecule is CCc1ccc(OCCC(O)N2CCC(c3cccnc3)CC2)cc1. The van der Waals surface area contributed by atoms with Gasteiger partial charge in [-0.15, -0.1) is 0 Å². The summed E-state index contributed by atoms with van der Waals surface area (Å²) in [4.78, 5) is 6.38. The van der Waals surface area contributed by atoms with Crippen molar-refractivity contribution in [1.29, 1.82) is 0 Å². The van der Waals surface area contributed by atoms with Gasteiger partial charge in [0.25, 0.3) is 0 Å². The maximum absolute atomic E-state index is 10.4. The molecule has 2 aromatic rings. The average Bonchev–Trinajstić information content (AvgIpc) is 2.69. The van der Waals surface area contributed by atoms with Crippen molar-refractivity contribution >= 4 is 0 Å². The van der Waals surface area contributed by atoms with Gasteiger partial charge in [-0.3, -0.25) is 9.88 Å². The summed E-state index contributed by atoms with van der Waals surface area (Å²) in [5.74, 6) is 1.44. The lowest BCUT2D eigenvalue weighted by Gasteiger charge is -2.35. The summed E-state index contributed by atoms with van der Waals surface area (Å²) in [6.45, 7) is 4.52. The van der Waals surface area contributed by atoms with Crippen LogP contribution in [0.5, 0.6) is 5.75 Å². The molecule has 0 amide bonds. The Labute approximate surface area is 150 Å². The van der Waals surface area contributed by atoms with Crippen molar-refractivity contribution in [2.45, 2.75) is 44.8 Å². The first kappa shape index (κ1) is 17.9. The Kier molecular flexibility index (Phi) is 6.42. The minimum Gasteiger partial charge on any atom is -0.493 e. The van der Waals surface area contributed by atoms with Crippen LogP contribution in [0.2, 0.25) is 0 Å². The number of hydrogen-bond acceptors (Lipinski definition) is 4. The molecule has 134 valence electrons. The van der Waals surface area contributed by atoms with Gasteiger partial charge in [0.1, 0.15) is 12.0 Å². The zero-order valence-electron chi connectivity index (χ0n) is 15.0. The van der Waals surface area contributed by atoms with Crippen molar-refractivity contribution in [3.63, 3.8) is 0 Å². The number of likely N-dealkylation sites (tertiary alicyclic amines) is 1. The molecule has 1 N–H and O–H groups in total. The van der Waals surface area contributed by atoms with Crippen LogP contribution in [0.4, 0.5) is 0 Å². The van der Waals surface area contributed by atoms with Crippen LogP contribution in [0.3, 0.4) is 0 Å². The maximum Gasteiger partial charge on any atom is 0.119 e. The highest BCUT2D eigenvalue weighted by molar-refractivity contribution is 5.27. The largest absolute Gasteiger partial charge is 0.493 e. The fourth-order valence-electron chi connectivity index (χ4n) is 3.43. The van der Waals surface area contributed by atoms with Gasteiger partial charge in [-0.2, -0.15) is 0 Å². The van der Waals surface area contributed by atoms with Gasteiger partial charge < -0.3 is 9.84 Å². The van der Waals surface area contributed by atoms with Crippen LogP contribution >= 0.6 is 0 Å². The second-order valence-corrected chi connectivity index (χ2v) is 6.71. The molecule has 4 nitrogen and oxygen atoms in total. The van der Waals surface area contributed by atoms with Crippen LogP contribution in [0.25, 0.3) is 0 Å². The molecule has 1 aliphatic heterocycles. The molecule has 0 saturated carbocycles. The third-order valence-corrected chi connectivity index (χ3v) is 5.08. The lowest BCUT2D eigenvalue weighted by Crippen LogP contribution is -2.41. The van der Waals surface area contributed by atoms with E-state index < -0.39 is 6.23 Å². The summed E-state index contributed by atoms with van der Waals surface area (Å²) in [6.07, 6.45) is 7.17. The van der Waals surface area contributed by atoms with E-state index in [2.05, 4.69) is 35.0 Å². The number of ether oxygens (including phenoxy) is 1. The lowest BCUT2D eigenvalue weighted by molar-refractivity contribution is -0.0235. The molecule has 0 spiro atoms. The van der Waals surface area contributed by atoms with Crippen molar-refractivity contribution in [2.24, 2.45) is 0 Å². The Morgan fingerprint density at radius 3 is 2.60 bits per heavy atom. The number of hydrogen-bond donors (Lipinski definition) is 1. The Bertz CT molecular complexity index is 622. The molecule has 1 atom stereocenters. The molecular formula is C21H28N2O2. The number of aryl methyl sites for hydroxylation is 1. The lowest BCUT2D eigenvalue weighted by atomic mass is 9.90. The zero-order chi connectivity index (χ0) is 17.5. The van der Waals surface area contributed by atoms with Gasteiger partial charge in [-0.05, 0) is 54.5 Å². The van der Waals surface area contributed by atoms with Crippen LogP contribution in [0, 0.1) is 0 Å². The fraction of sp³-hybridized carbons (Fsp3) is 0.476. The first-order chi connectivity index (χ1) is 12.3. The Balaban J connectivity index is 1.39. The molecule has 0 aliphatic carbocycles. The van der Waals surface area contributed by atoms with Crippen molar-refractivity contribution in [1.82, 2.24) is 9.88 Å². The monoisotopic (exact) mass is 340 g/mol. The molecule has 25 heavy (non-hydrogen) atoms. The van der Waals surface area contributed by atoms with Crippen molar-refractivity contribution in [2.75, 3.05) is 19.7 Å². The van der Waals surface area contributed by atoms with E-state index in [-0.39, 0.29) is 0 Å². The van der Waals surface area contributed by atoms with Crippen LogP contribution in [-0.4, -0.2) is 40.9 Å². The summed E-state index contributed by atoms with van der Waals surface area (Å²) in [5, 5.41) is 10.4. The molecule has 4 heteroatoms. The molecule has 0 bridgehead atoms. The number of benzene rings is 1. The molecule has 1 unspecified atom stereocenters. The van der Waals surface area contributed by atoms with Crippen LogP contribution < -0.4 is 4.74 Å². The van der Waals surface area contributed by atoms with Gasteiger partial charge in [-0.25, -0.2) is 0 Å². The number of piperidine rings is 1. The third kappa shape index (κ3) is 5.03. The smallest absolute Gasteiger partial charge is 0.119 e. The summed E-state index contributed by atoms with van der Waals surface area (Å²) in [7, 11) is 0. The molecule has 1 aliphatic rings. The fourth-order valence-corrected chi connectivity index (χ4v) is 3.43. The molecule has 1 aromatic carbocycles. The number of nitrogens with zero attached hydrogens (tertiary/aromatic N) is 2. The minimum absolute atomic E-state index is 0.426. The van der Waals surface area contributed by atoms with Crippen molar-refractivity contribution in [3.8, 4) is 5.75 Å². The van der Waals surface area contributed by atoms with E-state index in [9.17, 15) is 5.11 Å². The summed E-state index contributed by atoms with van der Waals surface area (Å²) < 4.78 is 5.76.